The van der Waals surface area contributed by atoms with E-state index in [9.17, 15) is 4.79 Å². The van der Waals surface area contributed by atoms with E-state index in [0.717, 1.165) is 49.4 Å². The molecule has 1 fully saturated rings. The third-order valence-electron chi connectivity index (χ3n) is 3.58. The third kappa shape index (κ3) is 3.45. The third-order valence-corrected chi connectivity index (χ3v) is 4.43. The van der Waals surface area contributed by atoms with Gasteiger partial charge in [-0.05, 0) is 37.0 Å². The molecule has 1 aliphatic rings. The van der Waals surface area contributed by atoms with E-state index in [2.05, 4.69) is 15.9 Å². The smallest absolute Gasteiger partial charge is 0.236 e. The molecule has 0 spiro atoms. The molecule has 2 rings (SSSR count). The predicted octanol–water partition coefficient (Wildman–Crippen LogP) is 2.63. The van der Waals surface area contributed by atoms with E-state index < -0.39 is 0 Å². The molecule has 1 aromatic rings. The maximum absolute atomic E-state index is 12.0. The summed E-state index contributed by atoms with van der Waals surface area (Å²) < 4.78 is 10.5. The number of methoxy groups -OCH3 is 2. The van der Waals surface area contributed by atoms with Crippen LogP contribution in [0.2, 0.25) is 0 Å². The maximum Gasteiger partial charge on any atom is 0.236 e. The molecular weight excluding hydrogens is 322 g/mol. The van der Waals surface area contributed by atoms with E-state index in [1.807, 2.05) is 23.1 Å². The molecule has 4 nitrogen and oxygen atoms in total. The van der Waals surface area contributed by atoms with Crippen molar-refractivity contribution in [1.82, 2.24) is 4.90 Å². The molecule has 1 unspecified atom stereocenters. The molecule has 0 aliphatic carbocycles. The molecule has 1 heterocycles. The molecule has 1 atom stereocenters. The van der Waals surface area contributed by atoms with Crippen molar-refractivity contribution in [1.29, 1.82) is 0 Å². The summed E-state index contributed by atoms with van der Waals surface area (Å²) in [7, 11) is 3.26. The second-order valence-corrected chi connectivity index (χ2v) is 5.98. The predicted molar refractivity (Wildman–Crippen MR) is 81.8 cm³/mol. The van der Waals surface area contributed by atoms with Crippen LogP contribution in [0.5, 0.6) is 11.5 Å². The largest absolute Gasteiger partial charge is 0.493 e. The molecule has 20 heavy (non-hydrogen) atoms. The van der Waals surface area contributed by atoms with E-state index in [1.165, 1.54) is 0 Å². The zero-order valence-electron chi connectivity index (χ0n) is 11.9. The van der Waals surface area contributed by atoms with Crippen molar-refractivity contribution in [3.05, 3.63) is 23.8 Å². The highest BCUT2D eigenvalue weighted by Crippen LogP contribution is 2.28. The Hall–Kier alpha value is -1.23. The maximum atomic E-state index is 12.0. The summed E-state index contributed by atoms with van der Waals surface area (Å²) in [4.78, 5) is 13.9. The molecule has 0 aromatic heterocycles. The Bertz CT molecular complexity index is 478. The van der Waals surface area contributed by atoms with Crippen molar-refractivity contribution >= 4 is 21.8 Å². The number of carbonyl (C=O) groups is 1. The Labute approximate surface area is 128 Å². The van der Waals surface area contributed by atoms with Gasteiger partial charge in [0.2, 0.25) is 5.91 Å². The fourth-order valence-corrected chi connectivity index (χ4v) is 3.03. The van der Waals surface area contributed by atoms with Gasteiger partial charge in [0, 0.05) is 13.1 Å². The number of hydrogen-bond donors (Lipinski definition) is 0. The SMILES string of the molecule is COc1ccc(CCN2CCCC(Br)C2=O)cc1OC. The summed E-state index contributed by atoms with van der Waals surface area (Å²) in [5.41, 5.74) is 1.15. The molecule has 110 valence electrons. The van der Waals surface area contributed by atoms with Crippen molar-refractivity contribution in [3.8, 4) is 11.5 Å². The van der Waals surface area contributed by atoms with Gasteiger partial charge in [-0.1, -0.05) is 22.0 Å². The fraction of sp³-hybridized carbons (Fsp3) is 0.533. The van der Waals surface area contributed by atoms with Crippen LogP contribution in [0, 0.1) is 0 Å². The van der Waals surface area contributed by atoms with Crippen molar-refractivity contribution in [3.63, 3.8) is 0 Å². The van der Waals surface area contributed by atoms with E-state index in [-0.39, 0.29) is 10.7 Å². The Kier molecular flexibility index (Phi) is 5.29. The summed E-state index contributed by atoms with van der Waals surface area (Å²) in [6.45, 7) is 1.60. The van der Waals surface area contributed by atoms with E-state index in [1.54, 1.807) is 14.2 Å². The van der Waals surface area contributed by atoms with Gasteiger partial charge in [-0.25, -0.2) is 0 Å². The first kappa shape index (κ1) is 15.2. The Balaban J connectivity index is 1.98. The van der Waals surface area contributed by atoms with Crippen LogP contribution in [0.4, 0.5) is 0 Å². The van der Waals surface area contributed by atoms with Crippen LogP contribution in [0.15, 0.2) is 18.2 Å². The van der Waals surface area contributed by atoms with Gasteiger partial charge in [0.25, 0.3) is 0 Å². The molecule has 0 radical (unpaired) electrons. The first-order chi connectivity index (χ1) is 9.65. The lowest BCUT2D eigenvalue weighted by Crippen LogP contribution is -2.42. The minimum Gasteiger partial charge on any atom is -0.493 e. The molecular formula is C15H20BrNO3. The number of amides is 1. The van der Waals surface area contributed by atoms with Crippen LogP contribution < -0.4 is 9.47 Å². The van der Waals surface area contributed by atoms with Gasteiger partial charge in [0.05, 0.1) is 19.0 Å². The number of hydrogen-bond acceptors (Lipinski definition) is 3. The Morgan fingerprint density at radius 2 is 2.05 bits per heavy atom. The number of rotatable bonds is 5. The van der Waals surface area contributed by atoms with Crippen molar-refractivity contribution in [2.75, 3.05) is 27.3 Å². The highest BCUT2D eigenvalue weighted by molar-refractivity contribution is 9.10. The zero-order valence-corrected chi connectivity index (χ0v) is 13.5. The van der Waals surface area contributed by atoms with Gasteiger partial charge in [-0.3, -0.25) is 4.79 Å². The van der Waals surface area contributed by atoms with Crippen molar-refractivity contribution in [2.24, 2.45) is 0 Å². The van der Waals surface area contributed by atoms with Crippen LogP contribution in [0.25, 0.3) is 0 Å². The monoisotopic (exact) mass is 341 g/mol. The number of nitrogens with zero attached hydrogens (tertiary/aromatic N) is 1. The molecule has 0 bridgehead atoms. The number of benzene rings is 1. The normalized spacial score (nSPS) is 19.1. The van der Waals surface area contributed by atoms with Crippen molar-refractivity contribution < 1.29 is 14.3 Å². The van der Waals surface area contributed by atoms with Crippen LogP contribution >= 0.6 is 15.9 Å². The average molecular weight is 342 g/mol. The van der Waals surface area contributed by atoms with Gasteiger partial charge in [0.1, 0.15) is 0 Å². The lowest BCUT2D eigenvalue weighted by Gasteiger charge is -2.29. The molecule has 1 saturated heterocycles. The second kappa shape index (κ2) is 6.97. The van der Waals surface area contributed by atoms with E-state index >= 15 is 0 Å². The number of carbonyl (C=O) groups excluding carboxylic acids is 1. The quantitative estimate of drug-likeness (QED) is 0.773. The molecule has 5 heteroatoms. The van der Waals surface area contributed by atoms with Crippen LogP contribution in [-0.2, 0) is 11.2 Å². The highest BCUT2D eigenvalue weighted by atomic mass is 79.9. The van der Waals surface area contributed by atoms with E-state index in [0.29, 0.717) is 0 Å². The first-order valence-electron chi connectivity index (χ1n) is 6.79. The summed E-state index contributed by atoms with van der Waals surface area (Å²) in [6, 6.07) is 5.89. The number of ether oxygens (including phenoxy) is 2. The first-order valence-corrected chi connectivity index (χ1v) is 7.71. The van der Waals surface area contributed by atoms with Crippen LogP contribution in [-0.4, -0.2) is 42.9 Å². The van der Waals surface area contributed by atoms with Crippen LogP contribution in [0.1, 0.15) is 18.4 Å². The number of halogens is 1. The number of likely N-dealkylation sites (tertiary alicyclic amines) is 1. The van der Waals surface area contributed by atoms with Gasteiger partial charge in [-0.2, -0.15) is 0 Å². The summed E-state index contributed by atoms with van der Waals surface area (Å²) in [5.74, 6) is 1.66. The average Bonchev–Trinajstić information content (AvgIpc) is 2.48. The Morgan fingerprint density at radius 1 is 1.30 bits per heavy atom. The zero-order chi connectivity index (χ0) is 14.5. The molecule has 0 N–H and O–H groups in total. The standard InChI is InChI=1S/C15H20BrNO3/c1-19-13-6-5-11(10-14(13)20-2)7-9-17-8-3-4-12(16)15(17)18/h5-6,10,12H,3-4,7-9H2,1-2H3. The summed E-state index contributed by atoms with van der Waals surface area (Å²) >= 11 is 3.43. The van der Waals surface area contributed by atoms with Crippen molar-refractivity contribution in [2.45, 2.75) is 24.1 Å². The van der Waals surface area contributed by atoms with Gasteiger partial charge in [-0.15, -0.1) is 0 Å². The van der Waals surface area contributed by atoms with Crippen LogP contribution in [0.3, 0.4) is 0 Å². The molecule has 1 aromatic carbocycles. The molecule has 1 aliphatic heterocycles. The summed E-state index contributed by atoms with van der Waals surface area (Å²) in [5, 5.41) is 0. The number of piperidine rings is 1. The Morgan fingerprint density at radius 3 is 2.75 bits per heavy atom. The fourth-order valence-electron chi connectivity index (χ4n) is 2.42. The van der Waals surface area contributed by atoms with E-state index in [4.69, 9.17) is 9.47 Å². The van der Waals surface area contributed by atoms with Gasteiger partial charge in [0.15, 0.2) is 11.5 Å². The van der Waals surface area contributed by atoms with Gasteiger partial charge >= 0.3 is 0 Å². The minimum absolute atomic E-state index is 0.0124. The minimum atomic E-state index is -0.0124. The second-order valence-electron chi connectivity index (χ2n) is 4.87. The molecule has 0 saturated carbocycles. The van der Waals surface area contributed by atoms with Gasteiger partial charge < -0.3 is 14.4 Å². The lowest BCUT2D eigenvalue weighted by molar-refractivity contribution is -0.132. The number of alkyl halides is 1. The topological polar surface area (TPSA) is 38.8 Å². The summed E-state index contributed by atoms with van der Waals surface area (Å²) in [6.07, 6.45) is 2.82. The lowest BCUT2D eigenvalue weighted by atomic mass is 10.1. The highest BCUT2D eigenvalue weighted by Gasteiger charge is 2.25. The molecule has 1 amide bonds.